The van der Waals surface area contributed by atoms with Gasteiger partial charge < -0.3 is 16.2 Å². The highest BCUT2D eigenvalue weighted by molar-refractivity contribution is 5.85. The first kappa shape index (κ1) is 12.4. The standard InChI is InChI=1S/C9H20N2O2/c1-4-9(10,5-2)8(13)11-6-7(3)12/h7,12H,4-6,10H2,1-3H3,(H,11,13)/t7-/m1/s1. The summed E-state index contributed by atoms with van der Waals surface area (Å²) in [5, 5.41) is 11.6. The fraction of sp³-hybridized carbons (Fsp3) is 0.889. The summed E-state index contributed by atoms with van der Waals surface area (Å²) in [4.78, 5) is 11.5. The van der Waals surface area contributed by atoms with Gasteiger partial charge in [-0.1, -0.05) is 13.8 Å². The highest BCUT2D eigenvalue weighted by Crippen LogP contribution is 2.10. The molecule has 0 unspecified atom stereocenters. The second kappa shape index (κ2) is 5.19. The molecule has 0 spiro atoms. The van der Waals surface area contributed by atoms with Crippen molar-refractivity contribution in [2.75, 3.05) is 6.54 Å². The molecule has 0 radical (unpaired) electrons. The van der Waals surface area contributed by atoms with Crippen molar-refractivity contribution in [2.45, 2.75) is 45.3 Å². The van der Waals surface area contributed by atoms with E-state index >= 15 is 0 Å². The fourth-order valence-electron chi connectivity index (χ4n) is 0.988. The lowest BCUT2D eigenvalue weighted by Crippen LogP contribution is -2.54. The number of carbonyl (C=O) groups is 1. The molecule has 0 aliphatic heterocycles. The van der Waals surface area contributed by atoms with Gasteiger partial charge in [-0.15, -0.1) is 0 Å². The number of nitrogens with two attached hydrogens (primary N) is 1. The maximum absolute atomic E-state index is 11.5. The van der Waals surface area contributed by atoms with E-state index in [1.165, 1.54) is 0 Å². The second-order valence-electron chi connectivity index (χ2n) is 3.42. The summed E-state index contributed by atoms with van der Waals surface area (Å²) in [6.07, 6.45) is 0.687. The Morgan fingerprint density at radius 3 is 2.31 bits per heavy atom. The van der Waals surface area contributed by atoms with Crippen molar-refractivity contribution < 1.29 is 9.90 Å². The average molecular weight is 188 g/mol. The zero-order valence-electron chi connectivity index (χ0n) is 8.63. The third-order valence-electron chi connectivity index (χ3n) is 2.27. The number of carbonyl (C=O) groups excluding carboxylic acids is 1. The number of nitrogens with one attached hydrogen (secondary N) is 1. The van der Waals surface area contributed by atoms with Crippen molar-refractivity contribution in [3.8, 4) is 0 Å². The van der Waals surface area contributed by atoms with E-state index < -0.39 is 11.6 Å². The van der Waals surface area contributed by atoms with Gasteiger partial charge in [0.1, 0.15) is 0 Å². The minimum absolute atomic E-state index is 0.182. The molecule has 13 heavy (non-hydrogen) atoms. The zero-order valence-corrected chi connectivity index (χ0v) is 8.63. The van der Waals surface area contributed by atoms with Gasteiger partial charge in [0.2, 0.25) is 5.91 Å². The van der Waals surface area contributed by atoms with Crippen molar-refractivity contribution in [2.24, 2.45) is 5.73 Å². The zero-order chi connectivity index (χ0) is 10.5. The van der Waals surface area contributed by atoms with Crippen LogP contribution in [0.5, 0.6) is 0 Å². The molecule has 0 fully saturated rings. The van der Waals surface area contributed by atoms with Crippen LogP contribution >= 0.6 is 0 Å². The van der Waals surface area contributed by atoms with Gasteiger partial charge in [-0.05, 0) is 19.8 Å². The van der Waals surface area contributed by atoms with E-state index in [4.69, 9.17) is 10.8 Å². The number of amides is 1. The van der Waals surface area contributed by atoms with Crippen LogP contribution < -0.4 is 11.1 Å². The Labute approximate surface area is 79.5 Å². The average Bonchev–Trinajstić information content (AvgIpc) is 2.12. The Morgan fingerprint density at radius 1 is 1.54 bits per heavy atom. The van der Waals surface area contributed by atoms with Crippen LogP contribution in [-0.2, 0) is 4.79 Å². The molecule has 0 saturated carbocycles. The molecule has 0 saturated heterocycles. The number of aliphatic hydroxyl groups is 1. The summed E-state index contributed by atoms with van der Waals surface area (Å²) in [5.74, 6) is -0.182. The van der Waals surface area contributed by atoms with E-state index in [9.17, 15) is 4.79 Å². The van der Waals surface area contributed by atoms with Crippen LogP contribution in [0, 0.1) is 0 Å². The summed E-state index contributed by atoms with van der Waals surface area (Å²) < 4.78 is 0. The molecule has 0 aliphatic carbocycles. The van der Waals surface area contributed by atoms with Crippen molar-refractivity contribution >= 4 is 5.91 Å². The first-order chi connectivity index (χ1) is 5.96. The first-order valence-electron chi connectivity index (χ1n) is 4.71. The van der Waals surface area contributed by atoms with E-state index in [1.54, 1.807) is 6.92 Å². The lowest BCUT2D eigenvalue weighted by atomic mass is 9.93. The van der Waals surface area contributed by atoms with E-state index in [2.05, 4.69) is 5.32 Å². The summed E-state index contributed by atoms with van der Waals surface area (Å²) in [6.45, 7) is 5.64. The van der Waals surface area contributed by atoms with Gasteiger partial charge >= 0.3 is 0 Å². The fourth-order valence-corrected chi connectivity index (χ4v) is 0.988. The van der Waals surface area contributed by atoms with Crippen LogP contribution in [0.25, 0.3) is 0 Å². The molecular weight excluding hydrogens is 168 g/mol. The second-order valence-corrected chi connectivity index (χ2v) is 3.42. The quantitative estimate of drug-likeness (QED) is 0.568. The third-order valence-corrected chi connectivity index (χ3v) is 2.27. The van der Waals surface area contributed by atoms with Gasteiger partial charge in [-0.2, -0.15) is 0 Å². The molecule has 4 nitrogen and oxygen atoms in total. The highest BCUT2D eigenvalue weighted by Gasteiger charge is 2.29. The van der Waals surface area contributed by atoms with Crippen molar-refractivity contribution in [3.05, 3.63) is 0 Å². The van der Waals surface area contributed by atoms with Crippen LogP contribution in [0.4, 0.5) is 0 Å². The molecule has 0 rings (SSSR count). The Hall–Kier alpha value is -0.610. The van der Waals surface area contributed by atoms with Crippen LogP contribution in [0.2, 0.25) is 0 Å². The topological polar surface area (TPSA) is 75.4 Å². The predicted molar refractivity (Wildman–Crippen MR) is 52.2 cm³/mol. The largest absolute Gasteiger partial charge is 0.392 e. The Bertz CT molecular complexity index is 165. The molecule has 0 bridgehead atoms. The van der Waals surface area contributed by atoms with Crippen molar-refractivity contribution in [3.63, 3.8) is 0 Å². The Kier molecular flexibility index (Phi) is 4.95. The van der Waals surface area contributed by atoms with Crippen LogP contribution in [0.1, 0.15) is 33.6 Å². The maximum Gasteiger partial charge on any atom is 0.240 e. The minimum Gasteiger partial charge on any atom is -0.392 e. The van der Waals surface area contributed by atoms with Crippen LogP contribution in [0.15, 0.2) is 0 Å². The normalized spacial score (nSPS) is 13.9. The number of rotatable bonds is 5. The van der Waals surface area contributed by atoms with Gasteiger partial charge in [0, 0.05) is 6.54 Å². The molecule has 0 aromatic rings. The molecule has 1 amide bonds. The van der Waals surface area contributed by atoms with Crippen molar-refractivity contribution in [1.29, 1.82) is 0 Å². The summed E-state index contributed by atoms with van der Waals surface area (Å²) in [5.41, 5.74) is 5.05. The Balaban J connectivity index is 4.07. The van der Waals surface area contributed by atoms with E-state index in [0.29, 0.717) is 12.8 Å². The van der Waals surface area contributed by atoms with E-state index in [0.717, 1.165) is 0 Å². The lowest BCUT2D eigenvalue weighted by molar-refractivity contribution is -0.127. The summed E-state index contributed by atoms with van der Waals surface area (Å²) >= 11 is 0. The highest BCUT2D eigenvalue weighted by atomic mass is 16.3. The summed E-state index contributed by atoms with van der Waals surface area (Å²) in [7, 11) is 0. The molecule has 4 N–H and O–H groups in total. The van der Waals surface area contributed by atoms with Crippen LogP contribution in [-0.4, -0.2) is 29.2 Å². The first-order valence-corrected chi connectivity index (χ1v) is 4.71. The molecule has 0 heterocycles. The predicted octanol–water partition coefficient (Wildman–Crippen LogP) is 0.000900. The van der Waals surface area contributed by atoms with E-state index in [1.807, 2.05) is 13.8 Å². The smallest absolute Gasteiger partial charge is 0.240 e. The lowest BCUT2D eigenvalue weighted by Gasteiger charge is -2.25. The molecule has 1 atom stereocenters. The molecule has 0 aliphatic rings. The number of hydrogen-bond donors (Lipinski definition) is 3. The van der Waals surface area contributed by atoms with Gasteiger partial charge in [-0.25, -0.2) is 0 Å². The SMILES string of the molecule is CCC(N)(CC)C(=O)NC[C@@H](C)O. The minimum atomic E-state index is -0.783. The van der Waals surface area contributed by atoms with Gasteiger partial charge in [-0.3, -0.25) is 4.79 Å². The maximum atomic E-state index is 11.5. The molecular formula is C9H20N2O2. The van der Waals surface area contributed by atoms with Gasteiger partial charge in [0.25, 0.3) is 0 Å². The van der Waals surface area contributed by atoms with Gasteiger partial charge in [0.05, 0.1) is 11.6 Å². The molecule has 0 aromatic heterocycles. The van der Waals surface area contributed by atoms with Crippen molar-refractivity contribution in [1.82, 2.24) is 5.32 Å². The molecule has 4 heteroatoms. The summed E-state index contributed by atoms with van der Waals surface area (Å²) in [6, 6.07) is 0. The van der Waals surface area contributed by atoms with Crippen LogP contribution in [0.3, 0.4) is 0 Å². The molecule has 78 valence electrons. The molecule has 0 aromatic carbocycles. The van der Waals surface area contributed by atoms with Gasteiger partial charge in [0.15, 0.2) is 0 Å². The Morgan fingerprint density at radius 2 is 2.00 bits per heavy atom. The monoisotopic (exact) mass is 188 g/mol. The number of aliphatic hydroxyl groups excluding tert-OH is 1. The number of hydrogen-bond acceptors (Lipinski definition) is 3. The van der Waals surface area contributed by atoms with E-state index in [-0.39, 0.29) is 12.5 Å². The third kappa shape index (κ3) is 3.74.